The molecule has 0 rings (SSSR count). The molecule has 1 amide bonds. The molecule has 0 aromatic heterocycles. The third-order valence-electron chi connectivity index (χ3n) is 2.02. The molecule has 1 atom stereocenters. The van der Waals surface area contributed by atoms with Crippen molar-refractivity contribution in [2.45, 2.75) is 6.92 Å². The van der Waals surface area contributed by atoms with Crippen LogP contribution in [0.15, 0.2) is 0 Å². The molecular formula is C9H21N3O. The first kappa shape index (κ1) is 12.4. The lowest BCUT2D eigenvalue weighted by Crippen LogP contribution is -2.36. The van der Waals surface area contributed by atoms with E-state index in [1.54, 1.807) is 7.05 Å². The van der Waals surface area contributed by atoms with E-state index in [1.165, 1.54) is 0 Å². The van der Waals surface area contributed by atoms with Gasteiger partial charge in [-0.15, -0.1) is 0 Å². The Bertz CT molecular complexity index is 150. The standard InChI is InChI=1S/C9H21N3O/c1-8(9(13)11-3)7-12(4)6-5-10-2/h8,10H,5-7H2,1-4H3,(H,11,13). The van der Waals surface area contributed by atoms with Crippen molar-refractivity contribution in [1.82, 2.24) is 15.5 Å². The minimum atomic E-state index is 0.0619. The second kappa shape index (κ2) is 6.86. The van der Waals surface area contributed by atoms with E-state index in [0.717, 1.165) is 19.6 Å². The van der Waals surface area contributed by atoms with Crippen molar-refractivity contribution in [3.63, 3.8) is 0 Å². The van der Waals surface area contributed by atoms with Gasteiger partial charge in [0.1, 0.15) is 0 Å². The molecule has 0 aliphatic heterocycles. The summed E-state index contributed by atoms with van der Waals surface area (Å²) in [5, 5.41) is 5.72. The van der Waals surface area contributed by atoms with Gasteiger partial charge in [0.05, 0.1) is 0 Å². The highest BCUT2D eigenvalue weighted by molar-refractivity contribution is 5.78. The molecule has 2 N–H and O–H groups in total. The van der Waals surface area contributed by atoms with Crippen LogP contribution in [0.25, 0.3) is 0 Å². The SMILES string of the molecule is CNCCN(C)CC(C)C(=O)NC. The summed E-state index contributed by atoms with van der Waals surface area (Å²) in [6, 6.07) is 0. The highest BCUT2D eigenvalue weighted by Gasteiger charge is 2.12. The van der Waals surface area contributed by atoms with Gasteiger partial charge in [0.15, 0.2) is 0 Å². The monoisotopic (exact) mass is 187 g/mol. The average Bonchev–Trinajstić information content (AvgIpc) is 2.13. The number of rotatable bonds is 6. The number of nitrogens with one attached hydrogen (secondary N) is 2. The zero-order valence-electron chi connectivity index (χ0n) is 9.05. The number of carbonyl (C=O) groups is 1. The lowest BCUT2D eigenvalue weighted by molar-refractivity contribution is -0.124. The van der Waals surface area contributed by atoms with Crippen LogP contribution in [0.1, 0.15) is 6.92 Å². The van der Waals surface area contributed by atoms with Crippen LogP contribution in [0.5, 0.6) is 0 Å². The van der Waals surface area contributed by atoms with E-state index in [-0.39, 0.29) is 11.8 Å². The Balaban J connectivity index is 3.64. The number of hydrogen-bond acceptors (Lipinski definition) is 3. The molecule has 13 heavy (non-hydrogen) atoms. The molecule has 4 heteroatoms. The molecule has 0 aromatic carbocycles. The minimum Gasteiger partial charge on any atom is -0.359 e. The predicted octanol–water partition coefficient (Wildman–Crippen LogP) is -0.480. The summed E-state index contributed by atoms with van der Waals surface area (Å²) in [6.07, 6.45) is 0. The third-order valence-corrected chi connectivity index (χ3v) is 2.02. The summed E-state index contributed by atoms with van der Waals surface area (Å²) in [7, 11) is 5.62. The molecule has 0 saturated carbocycles. The van der Waals surface area contributed by atoms with Gasteiger partial charge in [0.25, 0.3) is 0 Å². The quantitative estimate of drug-likeness (QED) is 0.590. The van der Waals surface area contributed by atoms with Gasteiger partial charge in [0, 0.05) is 32.6 Å². The number of amides is 1. The molecule has 0 aromatic rings. The zero-order chi connectivity index (χ0) is 10.3. The molecule has 0 saturated heterocycles. The van der Waals surface area contributed by atoms with Crippen molar-refractivity contribution >= 4 is 5.91 Å². The summed E-state index contributed by atoms with van der Waals surface area (Å²) in [4.78, 5) is 13.3. The lowest BCUT2D eigenvalue weighted by Gasteiger charge is -2.19. The van der Waals surface area contributed by atoms with Crippen molar-refractivity contribution in [3.05, 3.63) is 0 Å². The summed E-state index contributed by atoms with van der Waals surface area (Å²) >= 11 is 0. The first-order chi connectivity index (χ1) is 6.11. The molecule has 1 unspecified atom stereocenters. The first-order valence-electron chi connectivity index (χ1n) is 4.66. The van der Waals surface area contributed by atoms with E-state index in [9.17, 15) is 4.79 Å². The van der Waals surface area contributed by atoms with E-state index >= 15 is 0 Å². The van der Waals surface area contributed by atoms with Crippen molar-refractivity contribution < 1.29 is 4.79 Å². The highest BCUT2D eigenvalue weighted by Crippen LogP contribution is 1.96. The average molecular weight is 187 g/mol. The summed E-state index contributed by atoms with van der Waals surface area (Å²) in [6.45, 7) is 4.67. The number of hydrogen-bond donors (Lipinski definition) is 2. The molecular weight excluding hydrogens is 166 g/mol. The topological polar surface area (TPSA) is 44.4 Å². The first-order valence-corrected chi connectivity index (χ1v) is 4.66. The van der Waals surface area contributed by atoms with E-state index in [2.05, 4.69) is 15.5 Å². The number of nitrogens with zero attached hydrogens (tertiary/aromatic N) is 1. The Morgan fingerprint density at radius 2 is 2.08 bits per heavy atom. The lowest BCUT2D eigenvalue weighted by atomic mass is 10.1. The fourth-order valence-corrected chi connectivity index (χ4v) is 1.19. The van der Waals surface area contributed by atoms with Crippen molar-refractivity contribution in [1.29, 1.82) is 0 Å². The molecule has 0 aliphatic rings. The van der Waals surface area contributed by atoms with E-state index in [1.807, 2.05) is 21.0 Å². The Morgan fingerprint density at radius 1 is 1.46 bits per heavy atom. The summed E-state index contributed by atoms with van der Waals surface area (Å²) in [5.41, 5.74) is 0. The Labute approximate surface area is 80.7 Å². The molecule has 0 aliphatic carbocycles. The highest BCUT2D eigenvalue weighted by atomic mass is 16.1. The predicted molar refractivity (Wildman–Crippen MR) is 54.7 cm³/mol. The van der Waals surface area contributed by atoms with Gasteiger partial charge >= 0.3 is 0 Å². The van der Waals surface area contributed by atoms with Gasteiger partial charge in [-0.25, -0.2) is 0 Å². The maximum Gasteiger partial charge on any atom is 0.223 e. The second-order valence-electron chi connectivity index (χ2n) is 3.38. The van der Waals surface area contributed by atoms with Crippen LogP contribution in [-0.4, -0.2) is 51.6 Å². The Hall–Kier alpha value is -0.610. The molecule has 0 bridgehead atoms. The normalized spacial score (nSPS) is 13.0. The Morgan fingerprint density at radius 3 is 2.54 bits per heavy atom. The number of carbonyl (C=O) groups excluding carboxylic acids is 1. The summed E-state index contributed by atoms with van der Waals surface area (Å²) < 4.78 is 0. The molecule has 0 heterocycles. The van der Waals surface area contributed by atoms with Gasteiger partial charge in [0.2, 0.25) is 5.91 Å². The molecule has 78 valence electrons. The van der Waals surface area contributed by atoms with Gasteiger partial charge in [-0.2, -0.15) is 0 Å². The molecule has 0 spiro atoms. The van der Waals surface area contributed by atoms with Crippen LogP contribution in [0.3, 0.4) is 0 Å². The fraction of sp³-hybridized carbons (Fsp3) is 0.889. The van der Waals surface area contributed by atoms with Gasteiger partial charge in [-0.05, 0) is 14.1 Å². The van der Waals surface area contributed by atoms with E-state index < -0.39 is 0 Å². The van der Waals surface area contributed by atoms with Crippen LogP contribution < -0.4 is 10.6 Å². The Kier molecular flexibility index (Phi) is 6.54. The van der Waals surface area contributed by atoms with Crippen LogP contribution in [0.2, 0.25) is 0 Å². The van der Waals surface area contributed by atoms with Crippen LogP contribution in [0.4, 0.5) is 0 Å². The summed E-state index contributed by atoms with van der Waals surface area (Å²) in [5.74, 6) is 0.170. The van der Waals surface area contributed by atoms with Crippen molar-refractivity contribution in [3.8, 4) is 0 Å². The smallest absolute Gasteiger partial charge is 0.223 e. The van der Waals surface area contributed by atoms with Crippen LogP contribution in [0, 0.1) is 5.92 Å². The third kappa shape index (κ3) is 5.60. The minimum absolute atomic E-state index is 0.0619. The van der Waals surface area contributed by atoms with Gasteiger partial charge < -0.3 is 15.5 Å². The van der Waals surface area contributed by atoms with E-state index in [4.69, 9.17) is 0 Å². The van der Waals surface area contributed by atoms with E-state index in [0.29, 0.717) is 0 Å². The fourth-order valence-electron chi connectivity index (χ4n) is 1.19. The van der Waals surface area contributed by atoms with Crippen LogP contribution >= 0.6 is 0 Å². The largest absolute Gasteiger partial charge is 0.359 e. The molecule has 4 nitrogen and oxygen atoms in total. The second-order valence-corrected chi connectivity index (χ2v) is 3.38. The number of likely N-dealkylation sites (N-methyl/N-ethyl adjacent to an activating group) is 2. The molecule has 0 radical (unpaired) electrons. The van der Waals surface area contributed by atoms with Gasteiger partial charge in [-0.1, -0.05) is 6.92 Å². The maximum absolute atomic E-state index is 11.2. The zero-order valence-corrected chi connectivity index (χ0v) is 9.05. The van der Waals surface area contributed by atoms with Crippen molar-refractivity contribution in [2.24, 2.45) is 5.92 Å². The molecule has 0 fully saturated rings. The van der Waals surface area contributed by atoms with Crippen molar-refractivity contribution in [2.75, 3.05) is 40.8 Å². The van der Waals surface area contributed by atoms with Crippen LogP contribution in [-0.2, 0) is 4.79 Å². The maximum atomic E-state index is 11.2. The van der Waals surface area contributed by atoms with Gasteiger partial charge in [-0.3, -0.25) is 4.79 Å².